The van der Waals surface area contributed by atoms with Crippen LogP contribution in [0.4, 0.5) is 36.4 Å². The molecule has 196 valence electrons. The van der Waals surface area contributed by atoms with E-state index in [1.165, 1.54) is 6.92 Å². The lowest BCUT2D eigenvalue weighted by molar-refractivity contribution is -0.151. The predicted molar refractivity (Wildman–Crippen MR) is 107 cm³/mol. The van der Waals surface area contributed by atoms with Gasteiger partial charge in [-0.25, -0.2) is 4.39 Å². The minimum absolute atomic E-state index is 0.0224. The third kappa shape index (κ3) is 6.28. The first-order valence-corrected chi connectivity index (χ1v) is 10.4. The molecular formula is C20H19F7N6O3. The lowest BCUT2D eigenvalue weighted by Gasteiger charge is -2.25. The van der Waals surface area contributed by atoms with Crippen LogP contribution in [0.1, 0.15) is 37.1 Å². The largest absolute Gasteiger partial charge is 0.419 e. The summed E-state index contributed by atoms with van der Waals surface area (Å²) in [6.07, 6.45) is -10.2. The molecule has 2 aromatic rings. The fourth-order valence-corrected chi connectivity index (χ4v) is 3.82. The molecule has 0 spiro atoms. The van der Waals surface area contributed by atoms with Gasteiger partial charge in [0.1, 0.15) is 11.5 Å². The van der Waals surface area contributed by atoms with Gasteiger partial charge in [0.05, 0.1) is 23.9 Å². The van der Waals surface area contributed by atoms with Gasteiger partial charge in [0.2, 0.25) is 5.91 Å². The topological polar surface area (TPSA) is 120 Å². The van der Waals surface area contributed by atoms with Crippen molar-refractivity contribution in [2.75, 3.05) is 11.9 Å². The first-order chi connectivity index (χ1) is 16.7. The first-order valence-electron chi connectivity index (χ1n) is 10.4. The zero-order chi connectivity index (χ0) is 26.8. The van der Waals surface area contributed by atoms with Crippen LogP contribution in [0, 0.1) is 11.7 Å². The molecule has 1 fully saturated rings. The van der Waals surface area contributed by atoms with Crippen molar-refractivity contribution >= 4 is 23.4 Å². The minimum atomic E-state index is -4.99. The molecule has 2 heterocycles. The highest BCUT2D eigenvalue weighted by molar-refractivity contribution is 6.35. The van der Waals surface area contributed by atoms with Gasteiger partial charge in [-0.1, -0.05) is 5.21 Å². The van der Waals surface area contributed by atoms with Crippen LogP contribution in [0.25, 0.3) is 0 Å². The Balaban J connectivity index is 1.66. The van der Waals surface area contributed by atoms with E-state index in [9.17, 15) is 45.1 Å². The molecular weight excluding hydrogens is 505 g/mol. The van der Waals surface area contributed by atoms with E-state index in [1.54, 1.807) is 0 Å². The first kappa shape index (κ1) is 26.9. The summed E-state index contributed by atoms with van der Waals surface area (Å²) >= 11 is 0. The molecule has 9 nitrogen and oxygen atoms in total. The molecule has 1 aliphatic heterocycles. The standard InChI is InChI=1S/C20H19F7N6O3/c1-9-11(16(34)29-10-2-3-13(21)12(6-10)20(25,26)27)4-5-33(9)18(36)17(35)30-14(7-19(22,23)24)15-8-28-32-31-15/h2-3,6,8-9,11,14H,4-5,7H2,1H3,(H,29,34)(H,30,35)(H,28,31,32)/t9-,11-,14-/m0/s1. The molecule has 0 saturated carbocycles. The van der Waals surface area contributed by atoms with Crippen molar-refractivity contribution in [2.45, 2.75) is 44.2 Å². The molecule has 1 saturated heterocycles. The van der Waals surface area contributed by atoms with Crippen LogP contribution in [0.15, 0.2) is 24.4 Å². The van der Waals surface area contributed by atoms with Gasteiger partial charge in [-0.3, -0.25) is 19.5 Å². The van der Waals surface area contributed by atoms with Gasteiger partial charge in [-0.2, -0.15) is 26.3 Å². The Labute approximate surface area is 198 Å². The van der Waals surface area contributed by atoms with Gasteiger partial charge in [0.15, 0.2) is 0 Å². The predicted octanol–water partition coefficient (Wildman–Crippen LogP) is 2.95. The number of nitrogens with one attached hydrogen (secondary N) is 3. The summed E-state index contributed by atoms with van der Waals surface area (Å²) in [4.78, 5) is 38.7. The molecule has 0 unspecified atom stereocenters. The fourth-order valence-electron chi connectivity index (χ4n) is 3.82. The number of rotatable bonds is 5. The normalized spacial score (nSPS) is 19.2. The third-order valence-electron chi connectivity index (χ3n) is 5.62. The maximum atomic E-state index is 13.5. The van der Waals surface area contributed by atoms with Crippen LogP contribution in [0.2, 0.25) is 0 Å². The number of halogens is 7. The highest BCUT2D eigenvalue weighted by Gasteiger charge is 2.42. The highest BCUT2D eigenvalue weighted by atomic mass is 19.4. The van der Waals surface area contributed by atoms with Crippen LogP contribution in [-0.4, -0.2) is 56.8 Å². The molecule has 1 aromatic heterocycles. The average Bonchev–Trinajstić information content (AvgIpc) is 3.42. The Morgan fingerprint density at radius 3 is 2.47 bits per heavy atom. The van der Waals surface area contributed by atoms with E-state index in [-0.39, 0.29) is 24.3 Å². The van der Waals surface area contributed by atoms with Gasteiger partial charge in [0.25, 0.3) is 0 Å². The third-order valence-corrected chi connectivity index (χ3v) is 5.62. The molecule has 0 radical (unpaired) electrons. The Morgan fingerprint density at radius 2 is 1.89 bits per heavy atom. The summed E-state index contributed by atoms with van der Waals surface area (Å²) in [5.41, 5.74) is -2.16. The van der Waals surface area contributed by atoms with Crippen molar-refractivity contribution < 1.29 is 45.1 Å². The molecule has 1 aliphatic rings. The number of anilines is 1. The Hall–Kier alpha value is -3.72. The van der Waals surface area contributed by atoms with Gasteiger partial charge in [-0.15, -0.1) is 5.10 Å². The van der Waals surface area contributed by atoms with Crippen molar-refractivity contribution in [3.63, 3.8) is 0 Å². The van der Waals surface area contributed by atoms with Crippen molar-refractivity contribution in [1.82, 2.24) is 25.6 Å². The van der Waals surface area contributed by atoms with E-state index in [0.29, 0.717) is 12.1 Å². The molecule has 36 heavy (non-hydrogen) atoms. The number of hydrogen-bond acceptors (Lipinski definition) is 5. The second-order valence-electron chi connectivity index (χ2n) is 8.06. The molecule has 0 aliphatic carbocycles. The second-order valence-corrected chi connectivity index (χ2v) is 8.06. The number of aromatic nitrogens is 3. The van der Waals surface area contributed by atoms with Gasteiger partial charge in [0, 0.05) is 24.5 Å². The number of carbonyl (C=O) groups excluding carboxylic acids is 3. The lowest BCUT2D eigenvalue weighted by atomic mass is 10.0. The molecule has 0 bridgehead atoms. The molecule has 3 amide bonds. The van der Waals surface area contributed by atoms with Crippen LogP contribution < -0.4 is 10.6 Å². The van der Waals surface area contributed by atoms with Gasteiger partial charge < -0.3 is 15.5 Å². The number of benzene rings is 1. The van der Waals surface area contributed by atoms with Crippen LogP contribution >= 0.6 is 0 Å². The zero-order valence-corrected chi connectivity index (χ0v) is 18.4. The SMILES string of the molecule is C[C@H]1[C@@H](C(=O)Nc2ccc(F)c(C(F)(F)F)c2)CCN1C(=O)C(=O)N[C@@H](CC(F)(F)F)c1c[nH]nn1. The van der Waals surface area contributed by atoms with E-state index in [0.717, 1.165) is 17.2 Å². The number of aromatic amines is 1. The number of hydrogen-bond donors (Lipinski definition) is 3. The maximum absolute atomic E-state index is 13.5. The van der Waals surface area contributed by atoms with Crippen molar-refractivity contribution in [2.24, 2.45) is 5.92 Å². The van der Waals surface area contributed by atoms with E-state index in [2.05, 4.69) is 20.7 Å². The summed E-state index contributed by atoms with van der Waals surface area (Å²) in [5.74, 6) is -5.83. The number of alkyl halides is 6. The van der Waals surface area contributed by atoms with Crippen molar-refractivity contribution in [3.8, 4) is 0 Å². The minimum Gasteiger partial charge on any atom is -0.339 e. The number of carbonyl (C=O) groups is 3. The summed E-state index contributed by atoms with van der Waals surface area (Å²) < 4.78 is 90.9. The monoisotopic (exact) mass is 524 g/mol. The van der Waals surface area contributed by atoms with E-state index in [1.807, 2.05) is 5.32 Å². The molecule has 3 N–H and O–H groups in total. The summed E-state index contributed by atoms with van der Waals surface area (Å²) in [6, 6.07) is -0.711. The zero-order valence-electron chi connectivity index (χ0n) is 18.4. The van der Waals surface area contributed by atoms with E-state index in [4.69, 9.17) is 0 Å². The van der Waals surface area contributed by atoms with Crippen molar-refractivity contribution in [3.05, 3.63) is 41.5 Å². The van der Waals surface area contributed by atoms with Crippen LogP contribution in [0.3, 0.4) is 0 Å². The second kappa shape index (κ2) is 10.1. The molecule has 3 rings (SSSR count). The summed E-state index contributed by atoms with van der Waals surface area (Å²) in [7, 11) is 0. The molecule has 1 aromatic carbocycles. The molecule has 16 heteroatoms. The maximum Gasteiger partial charge on any atom is 0.419 e. The lowest BCUT2D eigenvalue weighted by Crippen LogP contribution is -2.47. The highest BCUT2D eigenvalue weighted by Crippen LogP contribution is 2.34. The van der Waals surface area contributed by atoms with E-state index < -0.39 is 65.9 Å². The average molecular weight is 524 g/mol. The number of likely N-dealkylation sites (tertiary alicyclic amines) is 1. The van der Waals surface area contributed by atoms with Gasteiger partial charge >= 0.3 is 24.2 Å². The number of H-pyrrole nitrogens is 1. The van der Waals surface area contributed by atoms with Crippen LogP contribution in [-0.2, 0) is 20.6 Å². The Kier molecular flexibility index (Phi) is 7.54. The number of nitrogens with zero attached hydrogens (tertiary/aromatic N) is 3. The fraction of sp³-hybridized carbons (Fsp3) is 0.450. The quantitative estimate of drug-likeness (QED) is 0.411. The Bertz CT molecular complexity index is 1120. The summed E-state index contributed by atoms with van der Waals surface area (Å²) in [5, 5.41) is 13.1. The molecule has 3 atom stereocenters. The van der Waals surface area contributed by atoms with E-state index >= 15 is 0 Å². The number of amides is 3. The smallest absolute Gasteiger partial charge is 0.339 e. The summed E-state index contributed by atoms with van der Waals surface area (Å²) in [6.45, 7) is 1.29. The van der Waals surface area contributed by atoms with Gasteiger partial charge in [-0.05, 0) is 31.5 Å². The van der Waals surface area contributed by atoms with Crippen molar-refractivity contribution in [1.29, 1.82) is 0 Å². The van der Waals surface area contributed by atoms with Crippen LogP contribution in [0.5, 0.6) is 0 Å². The Morgan fingerprint density at radius 1 is 1.19 bits per heavy atom.